The molecule has 0 radical (unpaired) electrons. The zero-order valence-corrected chi connectivity index (χ0v) is 8.99. The Hall–Kier alpha value is -1.33. The van der Waals surface area contributed by atoms with Crippen molar-refractivity contribution in [3.63, 3.8) is 0 Å². The first-order chi connectivity index (χ1) is 7.07. The van der Waals surface area contributed by atoms with Crippen molar-refractivity contribution in [3.05, 3.63) is 36.5 Å². The predicted molar refractivity (Wildman–Crippen MR) is 55.0 cm³/mol. The lowest BCUT2D eigenvalue weighted by Gasteiger charge is -1.98. The molecule has 4 nitrogen and oxygen atoms in total. The number of halogens is 1. The highest BCUT2D eigenvalue weighted by atomic mass is 35.7. The lowest BCUT2D eigenvalue weighted by molar-refractivity contribution is 0.432. The number of nitrogens with zero attached hydrogens (tertiary/aromatic N) is 1. The Morgan fingerprint density at radius 2 is 2.07 bits per heavy atom. The molecule has 0 unspecified atom stereocenters. The standard InChI is InChI=1S/C9H6ClNO3S/c10-15(12,13)8-3-1-2-7(6-8)9-4-5-11-14-9/h1-6H. The third-order valence-corrected chi connectivity index (χ3v) is 3.19. The summed E-state index contributed by atoms with van der Waals surface area (Å²) >= 11 is 0. The Bertz CT molecular complexity index is 563. The van der Waals surface area contributed by atoms with E-state index in [0.29, 0.717) is 11.3 Å². The third kappa shape index (κ3) is 2.19. The molecule has 1 aromatic heterocycles. The van der Waals surface area contributed by atoms with Crippen molar-refractivity contribution in [1.82, 2.24) is 5.16 Å². The monoisotopic (exact) mass is 243 g/mol. The zero-order chi connectivity index (χ0) is 10.9. The van der Waals surface area contributed by atoms with E-state index < -0.39 is 9.05 Å². The second-order valence-corrected chi connectivity index (χ2v) is 5.41. The van der Waals surface area contributed by atoms with E-state index in [1.54, 1.807) is 18.2 Å². The van der Waals surface area contributed by atoms with E-state index in [0.717, 1.165) is 0 Å². The van der Waals surface area contributed by atoms with Gasteiger partial charge in [-0.05, 0) is 12.1 Å². The van der Waals surface area contributed by atoms with Crippen molar-refractivity contribution in [1.29, 1.82) is 0 Å². The van der Waals surface area contributed by atoms with Crippen LogP contribution in [0.25, 0.3) is 11.3 Å². The van der Waals surface area contributed by atoms with Gasteiger partial charge in [0, 0.05) is 22.3 Å². The molecule has 0 bridgehead atoms. The number of aromatic nitrogens is 1. The summed E-state index contributed by atoms with van der Waals surface area (Å²) in [5, 5.41) is 3.53. The maximum absolute atomic E-state index is 11.1. The predicted octanol–water partition coefficient (Wildman–Crippen LogP) is 2.27. The second-order valence-electron chi connectivity index (χ2n) is 2.84. The van der Waals surface area contributed by atoms with Gasteiger partial charge >= 0.3 is 0 Å². The first kappa shape index (κ1) is 10.2. The summed E-state index contributed by atoms with van der Waals surface area (Å²) < 4.78 is 27.0. The summed E-state index contributed by atoms with van der Waals surface area (Å²) in [5.41, 5.74) is 0.620. The molecule has 1 aromatic carbocycles. The average Bonchev–Trinajstić information content (AvgIpc) is 2.69. The van der Waals surface area contributed by atoms with Gasteiger partial charge in [0.25, 0.3) is 9.05 Å². The van der Waals surface area contributed by atoms with Gasteiger partial charge < -0.3 is 4.52 Å². The summed E-state index contributed by atoms with van der Waals surface area (Å²) in [6.07, 6.45) is 1.48. The SMILES string of the molecule is O=S(=O)(Cl)c1cccc(-c2ccno2)c1. The lowest BCUT2D eigenvalue weighted by Crippen LogP contribution is -1.90. The zero-order valence-electron chi connectivity index (χ0n) is 7.42. The molecule has 0 aliphatic rings. The maximum atomic E-state index is 11.1. The molecule has 0 saturated heterocycles. The fourth-order valence-corrected chi connectivity index (χ4v) is 1.96. The maximum Gasteiger partial charge on any atom is 0.261 e. The largest absolute Gasteiger partial charge is 0.356 e. The number of hydrogen-bond acceptors (Lipinski definition) is 4. The first-order valence-electron chi connectivity index (χ1n) is 4.03. The van der Waals surface area contributed by atoms with Gasteiger partial charge in [0.1, 0.15) is 0 Å². The van der Waals surface area contributed by atoms with Crippen LogP contribution in [0.1, 0.15) is 0 Å². The summed E-state index contributed by atoms with van der Waals surface area (Å²) in [6, 6.07) is 7.80. The highest BCUT2D eigenvalue weighted by Crippen LogP contribution is 2.23. The van der Waals surface area contributed by atoms with Crippen molar-refractivity contribution >= 4 is 19.7 Å². The normalized spacial score (nSPS) is 11.5. The first-order valence-corrected chi connectivity index (χ1v) is 6.34. The molecule has 2 aromatic rings. The van der Waals surface area contributed by atoms with Crippen LogP contribution in [0.3, 0.4) is 0 Å². The van der Waals surface area contributed by atoms with E-state index in [-0.39, 0.29) is 4.90 Å². The van der Waals surface area contributed by atoms with Gasteiger partial charge in [-0.15, -0.1) is 0 Å². The third-order valence-electron chi connectivity index (χ3n) is 1.84. The Labute approximate surface area is 90.9 Å². The average molecular weight is 244 g/mol. The Morgan fingerprint density at radius 1 is 1.27 bits per heavy atom. The molecular weight excluding hydrogens is 238 g/mol. The van der Waals surface area contributed by atoms with Crippen molar-refractivity contribution in [2.24, 2.45) is 0 Å². The number of benzene rings is 1. The Balaban J connectivity index is 2.53. The molecule has 0 saturated carbocycles. The molecule has 78 valence electrons. The molecule has 0 spiro atoms. The van der Waals surface area contributed by atoms with Crippen molar-refractivity contribution in [2.75, 3.05) is 0 Å². The molecule has 0 amide bonds. The molecule has 0 aliphatic carbocycles. The minimum Gasteiger partial charge on any atom is -0.356 e. The van der Waals surface area contributed by atoms with Crippen LogP contribution in [0, 0.1) is 0 Å². The molecule has 1 heterocycles. The fourth-order valence-electron chi connectivity index (χ4n) is 1.17. The topological polar surface area (TPSA) is 60.2 Å². The van der Waals surface area contributed by atoms with Crippen LogP contribution in [0.4, 0.5) is 0 Å². The van der Waals surface area contributed by atoms with Crippen LogP contribution in [-0.4, -0.2) is 13.6 Å². The molecule has 0 N–H and O–H groups in total. The van der Waals surface area contributed by atoms with Gasteiger partial charge in [-0.25, -0.2) is 8.42 Å². The van der Waals surface area contributed by atoms with Crippen molar-refractivity contribution in [2.45, 2.75) is 4.90 Å². The van der Waals surface area contributed by atoms with Gasteiger partial charge in [0.15, 0.2) is 5.76 Å². The van der Waals surface area contributed by atoms with Crippen molar-refractivity contribution < 1.29 is 12.9 Å². The summed E-state index contributed by atoms with van der Waals surface area (Å²) in [4.78, 5) is 0.0399. The summed E-state index contributed by atoms with van der Waals surface area (Å²) in [6.45, 7) is 0. The quantitative estimate of drug-likeness (QED) is 0.759. The van der Waals surface area contributed by atoms with Crippen LogP contribution >= 0.6 is 10.7 Å². The molecule has 0 aliphatic heterocycles. The van der Waals surface area contributed by atoms with Gasteiger partial charge in [0.05, 0.1) is 11.1 Å². The van der Waals surface area contributed by atoms with Crippen LogP contribution in [0.15, 0.2) is 45.9 Å². The second kappa shape index (κ2) is 3.67. The molecule has 6 heteroatoms. The molecule has 15 heavy (non-hydrogen) atoms. The smallest absolute Gasteiger partial charge is 0.261 e. The van der Waals surface area contributed by atoms with Crippen LogP contribution in [0.2, 0.25) is 0 Å². The Kier molecular flexibility index (Phi) is 2.50. The van der Waals surface area contributed by atoms with E-state index in [1.807, 2.05) is 0 Å². The van der Waals surface area contributed by atoms with Crippen LogP contribution < -0.4 is 0 Å². The van der Waals surface area contributed by atoms with E-state index >= 15 is 0 Å². The van der Waals surface area contributed by atoms with Crippen LogP contribution in [0.5, 0.6) is 0 Å². The highest BCUT2D eigenvalue weighted by molar-refractivity contribution is 8.13. The molecule has 2 rings (SSSR count). The minimum atomic E-state index is -3.71. The van der Waals surface area contributed by atoms with Gasteiger partial charge in [-0.1, -0.05) is 17.3 Å². The Morgan fingerprint density at radius 3 is 2.67 bits per heavy atom. The van der Waals surface area contributed by atoms with E-state index in [4.69, 9.17) is 15.2 Å². The minimum absolute atomic E-state index is 0.0399. The van der Waals surface area contributed by atoms with Gasteiger partial charge in [-0.2, -0.15) is 0 Å². The molecule has 0 fully saturated rings. The number of rotatable bonds is 2. The van der Waals surface area contributed by atoms with Gasteiger partial charge in [-0.3, -0.25) is 0 Å². The summed E-state index contributed by atoms with van der Waals surface area (Å²) in [7, 11) is 1.51. The van der Waals surface area contributed by atoms with E-state index in [2.05, 4.69) is 5.16 Å². The van der Waals surface area contributed by atoms with Crippen molar-refractivity contribution in [3.8, 4) is 11.3 Å². The van der Waals surface area contributed by atoms with E-state index in [1.165, 1.54) is 18.3 Å². The lowest BCUT2D eigenvalue weighted by atomic mass is 10.2. The summed E-state index contributed by atoms with van der Waals surface area (Å²) in [5.74, 6) is 0.497. The highest BCUT2D eigenvalue weighted by Gasteiger charge is 2.11. The fraction of sp³-hybridized carbons (Fsp3) is 0. The van der Waals surface area contributed by atoms with Gasteiger partial charge in [0.2, 0.25) is 0 Å². The van der Waals surface area contributed by atoms with Crippen LogP contribution in [-0.2, 0) is 9.05 Å². The molecular formula is C9H6ClNO3S. The molecule has 0 atom stereocenters. The number of hydrogen-bond donors (Lipinski definition) is 0. The van der Waals surface area contributed by atoms with E-state index in [9.17, 15) is 8.42 Å².